The molecule has 9 heteroatoms. The summed E-state index contributed by atoms with van der Waals surface area (Å²) < 4.78 is 41.2. The molecule has 3 N–H and O–H groups in total. The van der Waals surface area contributed by atoms with Gasteiger partial charge in [0.2, 0.25) is 5.91 Å². The summed E-state index contributed by atoms with van der Waals surface area (Å²) in [5.41, 5.74) is -0.655. The van der Waals surface area contributed by atoms with E-state index in [-0.39, 0.29) is 34.2 Å². The van der Waals surface area contributed by atoms with Gasteiger partial charge < -0.3 is 20.4 Å². The molecule has 1 aliphatic carbocycles. The third-order valence-electron chi connectivity index (χ3n) is 6.14. The molecule has 0 aromatic heterocycles. The van der Waals surface area contributed by atoms with Gasteiger partial charge in [0.05, 0.1) is 11.0 Å². The minimum Gasteiger partial charge on any atom is -0.504 e. The van der Waals surface area contributed by atoms with Crippen molar-refractivity contribution in [3.05, 3.63) is 77.4 Å². The maximum absolute atomic E-state index is 13.7. The smallest absolute Gasteiger partial charge is 0.417 e. The Morgan fingerprint density at radius 1 is 0.914 bits per heavy atom. The summed E-state index contributed by atoms with van der Waals surface area (Å²) in [7, 11) is 3.16. The van der Waals surface area contributed by atoms with Crippen LogP contribution in [0.2, 0.25) is 0 Å². The van der Waals surface area contributed by atoms with Crippen LogP contribution in [0, 0.1) is 0 Å². The number of halogens is 3. The lowest BCUT2D eigenvalue weighted by Crippen LogP contribution is -2.27. The van der Waals surface area contributed by atoms with Gasteiger partial charge >= 0.3 is 6.18 Å². The molecule has 0 atom stereocenters. The van der Waals surface area contributed by atoms with Crippen molar-refractivity contribution in [3.63, 3.8) is 0 Å². The number of carbonyl (C=O) groups is 2. The van der Waals surface area contributed by atoms with Gasteiger partial charge in [-0.3, -0.25) is 9.59 Å². The molecule has 0 saturated heterocycles. The number of aromatic hydroxyl groups is 2. The maximum Gasteiger partial charge on any atom is 0.417 e. The van der Waals surface area contributed by atoms with Crippen LogP contribution in [0.5, 0.6) is 11.5 Å². The standard InChI is InChI=1S/C26H23F3N2O4/c1-31(2)23(34)16-5-3-15(4-6-16)19-14-18(8-9-20(19)26(27,28)29)30-24(35)25(11-12-25)17-7-10-21(32)22(33)13-17/h3-10,13-14,32-33H,11-12H2,1-2H3,(H,30,35). The Bertz CT molecular complexity index is 1300. The van der Waals surface area contributed by atoms with Gasteiger partial charge in [0.25, 0.3) is 5.91 Å². The normalized spacial score (nSPS) is 14.3. The zero-order valence-corrected chi connectivity index (χ0v) is 19.0. The SMILES string of the molecule is CN(C)C(=O)c1ccc(-c2cc(NC(=O)C3(c4ccc(O)c(O)c4)CC3)ccc2C(F)(F)F)cc1. The number of phenolic OH excluding ortho intramolecular Hbond substituents is 2. The highest BCUT2D eigenvalue weighted by Gasteiger charge is 2.51. The number of amides is 2. The summed E-state index contributed by atoms with van der Waals surface area (Å²) in [6, 6.07) is 13.3. The predicted octanol–water partition coefficient (Wildman–Crippen LogP) is 5.16. The fourth-order valence-corrected chi connectivity index (χ4v) is 4.00. The molecule has 0 bridgehead atoms. The minimum atomic E-state index is -4.63. The number of hydrogen-bond acceptors (Lipinski definition) is 4. The van der Waals surface area contributed by atoms with Crippen molar-refractivity contribution in [2.24, 2.45) is 0 Å². The molecule has 0 heterocycles. The molecule has 3 aromatic carbocycles. The molecule has 35 heavy (non-hydrogen) atoms. The Balaban J connectivity index is 1.66. The topological polar surface area (TPSA) is 89.9 Å². The number of nitrogens with zero attached hydrogens (tertiary/aromatic N) is 1. The van der Waals surface area contributed by atoms with Gasteiger partial charge in [-0.05, 0) is 72.0 Å². The second-order valence-electron chi connectivity index (χ2n) is 8.77. The van der Waals surface area contributed by atoms with E-state index in [1.807, 2.05) is 0 Å². The van der Waals surface area contributed by atoms with Gasteiger partial charge in [0, 0.05) is 25.3 Å². The lowest BCUT2D eigenvalue weighted by Gasteiger charge is -2.19. The van der Waals surface area contributed by atoms with Crippen LogP contribution in [0.25, 0.3) is 11.1 Å². The molecular weight excluding hydrogens is 461 g/mol. The van der Waals surface area contributed by atoms with Gasteiger partial charge in [0.15, 0.2) is 11.5 Å². The summed E-state index contributed by atoms with van der Waals surface area (Å²) in [5.74, 6) is -1.35. The molecule has 0 spiro atoms. The first kappa shape index (κ1) is 24.1. The summed E-state index contributed by atoms with van der Waals surface area (Å²) >= 11 is 0. The molecule has 1 fully saturated rings. The molecule has 0 unspecified atom stereocenters. The van der Waals surface area contributed by atoms with Gasteiger partial charge in [-0.1, -0.05) is 18.2 Å². The average molecular weight is 484 g/mol. The van der Waals surface area contributed by atoms with Crippen LogP contribution < -0.4 is 5.32 Å². The molecule has 2 amide bonds. The highest BCUT2D eigenvalue weighted by atomic mass is 19.4. The van der Waals surface area contributed by atoms with Crippen LogP contribution >= 0.6 is 0 Å². The van der Waals surface area contributed by atoms with Gasteiger partial charge in [-0.25, -0.2) is 0 Å². The van der Waals surface area contributed by atoms with Gasteiger partial charge in [-0.2, -0.15) is 13.2 Å². The lowest BCUT2D eigenvalue weighted by atomic mass is 9.94. The summed E-state index contributed by atoms with van der Waals surface area (Å²) in [5, 5.41) is 22.0. The number of rotatable bonds is 5. The highest BCUT2D eigenvalue weighted by molar-refractivity contribution is 6.02. The predicted molar refractivity (Wildman–Crippen MR) is 124 cm³/mol. The number of phenols is 2. The number of nitrogens with one attached hydrogen (secondary N) is 1. The quantitative estimate of drug-likeness (QED) is 0.437. The van der Waals surface area contributed by atoms with E-state index < -0.39 is 23.1 Å². The molecule has 182 valence electrons. The molecule has 3 aromatic rings. The van der Waals surface area contributed by atoms with Crippen molar-refractivity contribution in [1.29, 1.82) is 0 Å². The second kappa shape index (κ2) is 8.65. The molecule has 1 aliphatic rings. The van der Waals surface area contributed by atoms with E-state index in [0.29, 0.717) is 24.0 Å². The first-order valence-electron chi connectivity index (χ1n) is 10.8. The zero-order valence-electron chi connectivity index (χ0n) is 19.0. The second-order valence-corrected chi connectivity index (χ2v) is 8.77. The van der Waals surface area contributed by atoms with Crippen molar-refractivity contribution in [3.8, 4) is 22.6 Å². The molecule has 4 rings (SSSR count). The molecule has 6 nitrogen and oxygen atoms in total. The van der Waals surface area contributed by atoms with Crippen LogP contribution in [-0.4, -0.2) is 41.0 Å². The third-order valence-corrected chi connectivity index (χ3v) is 6.14. The van der Waals surface area contributed by atoms with E-state index in [1.54, 1.807) is 14.1 Å². The van der Waals surface area contributed by atoms with Crippen LogP contribution in [0.4, 0.5) is 18.9 Å². The van der Waals surface area contributed by atoms with Crippen molar-refractivity contribution in [2.75, 3.05) is 19.4 Å². The van der Waals surface area contributed by atoms with Crippen LogP contribution in [0.3, 0.4) is 0 Å². The molecule has 0 radical (unpaired) electrons. The monoisotopic (exact) mass is 484 g/mol. The van der Waals surface area contributed by atoms with Gasteiger partial charge in [0.1, 0.15) is 0 Å². The number of anilines is 1. The van der Waals surface area contributed by atoms with E-state index in [4.69, 9.17) is 0 Å². The fraction of sp³-hybridized carbons (Fsp3) is 0.231. The average Bonchev–Trinajstić information content (AvgIpc) is 3.62. The molecule has 1 saturated carbocycles. The van der Waals surface area contributed by atoms with E-state index in [9.17, 15) is 33.0 Å². The Morgan fingerprint density at radius 3 is 2.11 bits per heavy atom. The van der Waals surface area contributed by atoms with Crippen molar-refractivity contribution < 1.29 is 33.0 Å². The number of benzene rings is 3. The number of carbonyl (C=O) groups excluding carboxylic acids is 2. The van der Waals surface area contributed by atoms with Crippen molar-refractivity contribution in [1.82, 2.24) is 4.90 Å². The van der Waals surface area contributed by atoms with E-state index >= 15 is 0 Å². The highest BCUT2D eigenvalue weighted by Crippen LogP contribution is 2.50. The fourth-order valence-electron chi connectivity index (χ4n) is 4.00. The van der Waals surface area contributed by atoms with E-state index in [1.165, 1.54) is 59.5 Å². The Hall–Kier alpha value is -4.01. The zero-order chi connectivity index (χ0) is 25.5. The third kappa shape index (κ3) is 4.66. The Labute approximate surface area is 199 Å². The summed E-state index contributed by atoms with van der Waals surface area (Å²) in [6.45, 7) is 0. The number of hydrogen-bond donors (Lipinski definition) is 3. The van der Waals surface area contributed by atoms with E-state index in [2.05, 4.69) is 5.32 Å². The summed E-state index contributed by atoms with van der Waals surface area (Å²) in [6.07, 6.45) is -3.63. The van der Waals surface area contributed by atoms with E-state index in [0.717, 1.165) is 6.07 Å². The van der Waals surface area contributed by atoms with Crippen molar-refractivity contribution in [2.45, 2.75) is 24.4 Å². The largest absolute Gasteiger partial charge is 0.504 e. The Kier molecular flexibility index (Phi) is 5.96. The maximum atomic E-state index is 13.7. The molecular formula is C26H23F3N2O4. The first-order valence-corrected chi connectivity index (χ1v) is 10.8. The van der Waals surface area contributed by atoms with Crippen LogP contribution in [-0.2, 0) is 16.4 Å². The Morgan fingerprint density at radius 2 is 1.57 bits per heavy atom. The van der Waals surface area contributed by atoms with Crippen molar-refractivity contribution >= 4 is 17.5 Å². The lowest BCUT2D eigenvalue weighted by molar-refractivity contribution is -0.137. The number of alkyl halides is 3. The summed E-state index contributed by atoms with van der Waals surface area (Å²) in [4.78, 5) is 26.6. The molecule has 0 aliphatic heterocycles. The minimum absolute atomic E-state index is 0.133. The van der Waals surface area contributed by atoms with Crippen LogP contribution in [0.15, 0.2) is 60.7 Å². The van der Waals surface area contributed by atoms with Crippen LogP contribution in [0.1, 0.15) is 34.3 Å². The first-order chi connectivity index (χ1) is 16.4. The van der Waals surface area contributed by atoms with Gasteiger partial charge in [-0.15, -0.1) is 0 Å².